The molecular formula is C21H30N2O3. The smallest absolute Gasteiger partial charge is 0.220 e. The first-order valence-electron chi connectivity index (χ1n) is 9.79. The summed E-state index contributed by atoms with van der Waals surface area (Å²) in [6.07, 6.45) is 5.29. The minimum absolute atomic E-state index is 0.0425. The lowest BCUT2D eigenvalue weighted by atomic mass is 9.74. The molecule has 0 radical (unpaired) electrons. The molecule has 0 spiro atoms. The number of hydrogen-bond donors (Lipinski definition) is 2. The minimum atomic E-state index is -0.190. The van der Waals surface area contributed by atoms with Crippen LogP contribution in [0.2, 0.25) is 0 Å². The van der Waals surface area contributed by atoms with Gasteiger partial charge in [-0.2, -0.15) is 0 Å². The summed E-state index contributed by atoms with van der Waals surface area (Å²) in [5, 5.41) is 6.24. The van der Waals surface area contributed by atoms with E-state index in [0.29, 0.717) is 25.8 Å². The van der Waals surface area contributed by atoms with E-state index in [1.165, 1.54) is 5.56 Å². The zero-order valence-corrected chi connectivity index (χ0v) is 15.7. The first kappa shape index (κ1) is 18.9. The molecule has 2 aliphatic rings. The molecule has 2 aliphatic heterocycles. The molecule has 1 unspecified atom stereocenters. The number of amides is 2. The van der Waals surface area contributed by atoms with E-state index in [1.807, 2.05) is 6.07 Å². The topological polar surface area (TPSA) is 67.4 Å². The molecule has 1 aromatic carbocycles. The number of ether oxygens (including phenoxy) is 1. The Bertz CT molecular complexity index is 625. The third kappa shape index (κ3) is 4.26. The zero-order valence-electron chi connectivity index (χ0n) is 15.7. The minimum Gasteiger partial charge on any atom is -0.381 e. The van der Waals surface area contributed by atoms with Gasteiger partial charge in [0.05, 0.1) is 0 Å². The number of rotatable bonds is 7. The molecule has 0 saturated carbocycles. The van der Waals surface area contributed by atoms with E-state index in [0.717, 1.165) is 38.9 Å². The van der Waals surface area contributed by atoms with Crippen LogP contribution in [0.25, 0.3) is 0 Å². The molecule has 0 aromatic heterocycles. The number of hydrogen-bond acceptors (Lipinski definition) is 3. The lowest BCUT2D eigenvalue weighted by Gasteiger charge is -2.38. The van der Waals surface area contributed by atoms with Crippen molar-refractivity contribution >= 4 is 11.8 Å². The van der Waals surface area contributed by atoms with Crippen molar-refractivity contribution in [2.45, 2.75) is 62.8 Å². The molecule has 5 nitrogen and oxygen atoms in total. The Morgan fingerprint density at radius 2 is 1.92 bits per heavy atom. The summed E-state index contributed by atoms with van der Waals surface area (Å²) in [6.45, 7) is 4.19. The second-order valence-electron chi connectivity index (χ2n) is 7.72. The Kier molecular flexibility index (Phi) is 5.97. The Balaban J connectivity index is 1.57. The molecule has 2 saturated heterocycles. The first-order valence-corrected chi connectivity index (χ1v) is 9.79. The van der Waals surface area contributed by atoms with Gasteiger partial charge in [-0.05, 0) is 37.7 Å². The molecule has 0 bridgehead atoms. The number of carbonyl (C=O) groups excluding carboxylic acids is 2. The molecule has 2 fully saturated rings. The van der Waals surface area contributed by atoms with Gasteiger partial charge in [-0.1, -0.05) is 37.3 Å². The van der Waals surface area contributed by atoms with Crippen LogP contribution in [-0.4, -0.2) is 37.1 Å². The van der Waals surface area contributed by atoms with Crippen molar-refractivity contribution in [3.63, 3.8) is 0 Å². The van der Waals surface area contributed by atoms with Gasteiger partial charge in [0.1, 0.15) is 0 Å². The summed E-state index contributed by atoms with van der Waals surface area (Å²) in [7, 11) is 0. The Hall–Kier alpha value is -1.88. The molecule has 5 heteroatoms. The van der Waals surface area contributed by atoms with Crippen molar-refractivity contribution in [2.24, 2.45) is 0 Å². The quantitative estimate of drug-likeness (QED) is 0.787. The fraction of sp³-hybridized carbons (Fsp3) is 0.619. The number of benzene rings is 1. The van der Waals surface area contributed by atoms with Gasteiger partial charge in [-0.15, -0.1) is 0 Å². The number of nitrogens with one attached hydrogen (secondary N) is 2. The van der Waals surface area contributed by atoms with Crippen molar-refractivity contribution in [1.82, 2.24) is 10.6 Å². The highest BCUT2D eigenvalue weighted by Crippen LogP contribution is 2.34. The summed E-state index contributed by atoms with van der Waals surface area (Å²) >= 11 is 0. The summed E-state index contributed by atoms with van der Waals surface area (Å²) in [4.78, 5) is 24.1. The average molecular weight is 358 g/mol. The fourth-order valence-electron chi connectivity index (χ4n) is 4.23. The van der Waals surface area contributed by atoms with Crippen LogP contribution in [0, 0.1) is 0 Å². The molecule has 142 valence electrons. The van der Waals surface area contributed by atoms with Crippen molar-refractivity contribution in [3.8, 4) is 0 Å². The second kappa shape index (κ2) is 8.21. The van der Waals surface area contributed by atoms with Gasteiger partial charge in [-0.25, -0.2) is 0 Å². The van der Waals surface area contributed by atoms with Crippen LogP contribution in [0.15, 0.2) is 30.3 Å². The van der Waals surface area contributed by atoms with Crippen LogP contribution < -0.4 is 10.6 Å². The van der Waals surface area contributed by atoms with E-state index in [1.54, 1.807) is 0 Å². The standard InChI is InChI=1S/C21H30N2O3/c1-2-21(11-9-19(25)23-21)10-8-18(24)22-16-20(12-14-26-15-13-20)17-6-4-3-5-7-17/h3-7H,2,8-16H2,1H3,(H,22,24)(H,23,25). The van der Waals surface area contributed by atoms with E-state index in [2.05, 4.69) is 41.8 Å². The maximum absolute atomic E-state index is 12.5. The summed E-state index contributed by atoms with van der Waals surface area (Å²) < 4.78 is 5.55. The van der Waals surface area contributed by atoms with E-state index in [-0.39, 0.29) is 22.8 Å². The number of carbonyl (C=O) groups is 2. The normalized spacial score (nSPS) is 24.9. The van der Waals surface area contributed by atoms with Crippen LogP contribution in [0.5, 0.6) is 0 Å². The molecular weight excluding hydrogens is 328 g/mol. The third-order valence-corrected chi connectivity index (χ3v) is 6.20. The van der Waals surface area contributed by atoms with Gasteiger partial charge in [0.2, 0.25) is 11.8 Å². The van der Waals surface area contributed by atoms with E-state index >= 15 is 0 Å². The average Bonchev–Trinajstić information content (AvgIpc) is 3.08. The molecule has 0 aliphatic carbocycles. The van der Waals surface area contributed by atoms with Gasteiger partial charge in [0.15, 0.2) is 0 Å². The molecule has 2 heterocycles. The lowest BCUT2D eigenvalue weighted by molar-refractivity contribution is -0.123. The highest BCUT2D eigenvalue weighted by molar-refractivity contribution is 5.80. The third-order valence-electron chi connectivity index (χ3n) is 6.20. The predicted octanol–water partition coefficient (Wildman–Crippen LogP) is 2.69. The lowest BCUT2D eigenvalue weighted by Crippen LogP contribution is -2.46. The largest absolute Gasteiger partial charge is 0.381 e. The van der Waals surface area contributed by atoms with Crippen LogP contribution in [-0.2, 0) is 19.7 Å². The highest BCUT2D eigenvalue weighted by atomic mass is 16.5. The molecule has 2 N–H and O–H groups in total. The summed E-state index contributed by atoms with van der Waals surface area (Å²) in [5.74, 6) is 0.179. The van der Waals surface area contributed by atoms with Crippen LogP contribution in [0.1, 0.15) is 57.4 Å². The first-order chi connectivity index (χ1) is 12.6. The molecule has 1 atom stereocenters. The summed E-state index contributed by atoms with van der Waals surface area (Å²) in [6, 6.07) is 10.4. The zero-order chi connectivity index (χ0) is 18.5. The van der Waals surface area contributed by atoms with Gasteiger partial charge in [-0.3, -0.25) is 9.59 Å². The van der Waals surface area contributed by atoms with Crippen LogP contribution >= 0.6 is 0 Å². The summed E-state index contributed by atoms with van der Waals surface area (Å²) in [5.41, 5.74) is 1.04. The van der Waals surface area contributed by atoms with E-state index in [4.69, 9.17) is 4.74 Å². The van der Waals surface area contributed by atoms with Crippen LogP contribution in [0.4, 0.5) is 0 Å². The van der Waals surface area contributed by atoms with E-state index in [9.17, 15) is 9.59 Å². The Labute approximate surface area is 155 Å². The maximum Gasteiger partial charge on any atom is 0.220 e. The highest BCUT2D eigenvalue weighted by Gasteiger charge is 2.37. The maximum atomic E-state index is 12.5. The van der Waals surface area contributed by atoms with Crippen molar-refractivity contribution in [3.05, 3.63) is 35.9 Å². The molecule has 1 aromatic rings. The van der Waals surface area contributed by atoms with Crippen molar-refractivity contribution < 1.29 is 14.3 Å². The SMILES string of the molecule is CCC1(CCC(=O)NCC2(c3ccccc3)CCOCC2)CCC(=O)N1. The van der Waals surface area contributed by atoms with Gasteiger partial charge < -0.3 is 15.4 Å². The van der Waals surface area contributed by atoms with E-state index < -0.39 is 0 Å². The molecule has 26 heavy (non-hydrogen) atoms. The van der Waals surface area contributed by atoms with Gasteiger partial charge >= 0.3 is 0 Å². The monoisotopic (exact) mass is 358 g/mol. The predicted molar refractivity (Wildman–Crippen MR) is 101 cm³/mol. The second-order valence-corrected chi connectivity index (χ2v) is 7.72. The fourth-order valence-corrected chi connectivity index (χ4v) is 4.23. The Morgan fingerprint density at radius 1 is 1.19 bits per heavy atom. The molecule has 2 amide bonds. The molecule has 3 rings (SSSR count). The van der Waals surface area contributed by atoms with Gasteiger partial charge in [0, 0.05) is 43.6 Å². The van der Waals surface area contributed by atoms with Crippen LogP contribution in [0.3, 0.4) is 0 Å². The van der Waals surface area contributed by atoms with Crippen molar-refractivity contribution in [2.75, 3.05) is 19.8 Å². The Morgan fingerprint density at radius 3 is 2.54 bits per heavy atom. The van der Waals surface area contributed by atoms with Crippen molar-refractivity contribution in [1.29, 1.82) is 0 Å². The van der Waals surface area contributed by atoms with Gasteiger partial charge in [0.25, 0.3) is 0 Å².